The summed E-state index contributed by atoms with van der Waals surface area (Å²) in [7, 11) is -9.82. The van der Waals surface area contributed by atoms with Gasteiger partial charge >= 0.3 is 33.6 Å². The molecule has 0 aromatic rings. The highest BCUT2D eigenvalue weighted by Gasteiger charge is 2.30. The van der Waals surface area contributed by atoms with E-state index in [0.717, 1.165) is 186 Å². The van der Waals surface area contributed by atoms with E-state index in [1.54, 1.807) is 0 Å². The lowest BCUT2D eigenvalue weighted by Gasteiger charge is -2.21. The summed E-state index contributed by atoms with van der Waals surface area (Å²) >= 11 is 0. The fourth-order valence-electron chi connectivity index (χ4n) is 13.8. The predicted molar refractivity (Wildman–Crippen MR) is 537 cm³/mol. The van der Waals surface area contributed by atoms with Crippen molar-refractivity contribution in [3.63, 3.8) is 0 Å². The molecule has 18 heteroatoms. The van der Waals surface area contributed by atoms with Crippen molar-refractivity contribution in [1.82, 2.24) is 0 Å². The minimum Gasteiger partial charge on any atom is -0.463 e. The molecule has 5 unspecified atom stereocenters. The standard InChI is InChI=1S/C109H184O16P2/c1-4-7-10-13-16-19-22-25-28-31-34-37-40-43-45-47-49-50-51-52-54-56-57-60-62-65-68-71-74-77-80-83-86-89-92-95-107(112)119-98-104(110)99-121-126(115,116)122-100-105(111)101-123-127(117,118)124-103-106(125-109(114)97-94-91-88-85-82-79-76-73-70-67-64-59-42-39-36-33-30-27-24-21-18-15-12-9-6-3)102-120-108(113)96-93-90-87-84-81-78-75-72-69-66-63-61-58-55-53-48-46-44-41-38-35-32-29-26-23-20-17-14-11-8-5-2/h7-12,16-21,25-30,34-39,43-46,53,55,59,64,104-106,110-111H,4-6,13-15,22-24,31-33,40-42,47-52,54,56-58,60-63,65-103H2,1-3H3,(H,115,116)(H,117,118)/b10-7-,11-8-,12-9-,19-16-,20-17-,21-18-,28-25-,29-26-,30-27-,37-34-,38-35-,39-36-,45-43-,46-44-,55-53-,64-59-. The van der Waals surface area contributed by atoms with E-state index in [-0.39, 0.29) is 19.3 Å². The van der Waals surface area contributed by atoms with Gasteiger partial charge in [-0.3, -0.25) is 32.5 Å². The quantitative estimate of drug-likeness (QED) is 0.0146. The topological polar surface area (TPSA) is 231 Å². The molecule has 0 fully saturated rings. The van der Waals surface area contributed by atoms with E-state index >= 15 is 0 Å². The Morgan fingerprint density at radius 2 is 0.394 bits per heavy atom. The average Bonchev–Trinajstić information content (AvgIpc) is 0.898. The molecule has 0 aliphatic rings. The number of esters is 3. The zero-order valence-electron chi connectivity index (χ0n) is 80.4. The number of aliphatic hydroxyl groups excluding tert-OH is 2. The number of unbranched alkanes of at least 4 members (excludes halogenated alkanes) is 40. The van der Waals surface area contributed by atoms with Crippen LogP contribution in [0.2, 0.25) is 0 Å². The van der Waals surface area contributed by atoms with Gasteiger partial charge in [-0.25, -0.2) is 9.13 Å². The minimum atomic E-state index is -4.95. The van der Waals surface area contributed by atoms with E-state index in [2.05, 4.69) is 215 Å². The third-order valence-corrected chi connectivity index (χ3v) is 23.2. The van der Waals surface area contributed by atoms with E-state index in [0.29, 0.717) is 19.3 Å². The molecule has 0 heterocycles. The first kappa shape index (κ1) is 121. The van der Waals surface area contributed by atoms with Crippen LogP contribution in [-0.2, 0) is 55.8 Å². The number of allylic oxidation sites excluding steroid dienone is 32. The molecular weight excluding hydrogens is 1630 g/mol. The highest BCUT2D eigenvalue weighted by atomic mass is 31.2. The number of carbonyl (C=O) groups is 3. The van der Waals surface area contributed by atoms with Crippen LogP contribution in [0, 0.1) is 0 Å². The molecule has 127 heavy (non-hydrogen) atoms. The van der Waals surface area contributed by atoms with Gasteiger partial charge in [0.1, 0.15) is 25.4 Å². The Kier molecular flexibility index (Phi) is 95.0. The molecule has 0 rings (SSSR count). The maximum absolute atomic E-state index is 13.1. The van der Waals surface area contributed by atoms with E-state index in [1.165, 1.54) is 173 Å². The van der Waals surface area contributed by atoms with Crippen molar-refractivity contribution >= 4 is 33.6 Å². The number of rotatable bonds is 95. The van der Waals surface area contributed by atoms with Gasteiger partial charge in [-0.15, -0.1) is 0 Å². The van der Waals surface area contributed by atoms with Gasteiger partial charge in [0.15, 0.2) is 6.10 Å². The first-order valence-electron chi connectivity index (χ1n) is 50.7. The van der Waals surface area contributed by atoms with Crippen molar-refractivity contribution in [3.05, 3.63) is 194 Å². The normalized spacial score (nSPS) is 14.5. The molecule has 0 aromatic carbocycles. The molecule has 0 aliphatic carbocycles. The lowest BCUT2D eigenvalue weighted by molar-refractivity contribution is -0.161. The number of hydrogen-bond acceptors (Lipinski definition) is 14. The summed E-state index contributed by atoms with van der Waals surface area (Å²) in [6.45, 7) is 2.39. The fourth-order valence-corrected chi connectivity index (χ4v) is 15.3. The Balaban J connectivity index is 4.58. The Hall–Kier alpha value is -5.61. The van der Waals surface area contributed by atoms with Crippen LogP contribution in [0.1, 0.15) is 419 Å². The van der Waals surface area contributed by atoms with Gasteiger partial charge in [0.2, 0.25) is 0 Å². The second kappa shape index (κ2) is 99.4. The Morgan fingerprint density at radius 3 is 0.622 bits per heavy atom. The van der Waals surface area contributed by atoms with Crippen molar-refractivity contribution in [3.8, 4) is 0 Å². The second-order valence-electron chi connectivity index (χ2n) is 33.5. The van der Waals surface area contributed by atoms with Gasteiger partial charge in [0.25, 0.3) is 0 Å². The van der Waals surface area contributed by atoms with Gasteiger partial charge in [0, 0.05) is 19.3 Å². The molecule has 16 nitrogen and oxygen atoms in total. The number of phosphoric acid groups is 2. The van der Waals surface area contributed by atoms with Crippen molar-refractivity contribution in [2.24, 2.45) is 0 Å². The Bertz CT molecular complexity index is 3090. The first-order valence-corrected chi connectivity index (χ1v) is 53.7. The van der Waals surface area contributed by atoms with Gasteiger partial charge in [0.05, 0.1) is 26.4 Å². The summed E-state index contributed by atoms with van der Waals surface area (Å²) in [6, 6.07) is 0. The van der Waals surface area contributed by atoms with E-state index in [4.69, 9.17) is 32.3 Å². The van der Waals surface area contributed by atoms with Crippen LogP contribution in [-0.4, -0.2) is 95.9 Å². The fraction of sp³-hybridized carbons (Fsp3) is 0.679. The van der Waals surface area contributed by atoms with Crippen molar-refractivity contribution in [1.29, 1.82) is 0 Å². The largest absolute Gasteiger partial charge is 0.472 e. The maximum Gasteiger partial charge on any atom is 0.472 e. The predicted octanol–water partition coefficient (Wildman–Crippen LogP) is 32.1. The van der Waals surface area contributed by atoms with Gasteiger partial charge in [-0.2, -0.15) is 0 Å². The van der Waals surface area contributed by atoms with Gasteiger partial charge in [-0.1, -0.05) is 434 Å². The average molecular weight is 1810 g/mol. The molecule has 0 saturated carbocycles. The molecule has 0 spiro atoms. The summed E-state index contributed by atoms with van der Waals surface area (Å²) in [5.74, 6) is -1.57. The number of hydrogen-bond donors (Lipinski definition) is 4. The zero-order chi connectivity index (χ0) is 92.1. The van der Waals surface area contributed by atoms with Crippen LogP contribution in [0.5, 0.6) is 0 Å². The second-order valence-corrected chi connectivity index (χ2v) is 36.4. The van der Waals surface area contributed by atoms with Crippen molar-refractivity contribution in [2.45, 2.75) is 437 Å². The lowest BCUT2D eigenvalue weighted by Crippen LogP contribution is -2.30. The van der Waals surface area contributed by atoms with E-state index in [1.807, 2.05) is 0 Å². The van der Waals surface area contributed by atoms with E-state index in [9.17, 15) is 43.5 Å². The highest BCUT2D eigenvalue weighted by molar-refractivity contribution is 7.47. The molecule has 726 valence electrons. The third-order valence-electron chi connectivity index (χ3n) is 21.3. The molecule has 0 amide bonds. The zero-order valence-corrected chi connectivity index (χ0v) is 82.2. The molecule has 5 atom stereocenters. The van der Waals surface area contributed by atoms with E-state index < -0.39 is 91.5 Å². The van der Waals surface area contributed by atoms with Crippen LogP contribution in [0.4, 0.5) is 0 Å². The number of ether oxygens (including phenoxy) is 3. The molecule has 4 N–H and O–H groups in total. The minimum absolute atomic E-state index is 0.0917. The van der Waals surface area contributed by atoms with Crippen LogP contribution in [0.25, 0.3) is 0 Å². The van der Waals surface area contributed by atoms with Gasteiger partial charge < -0.3 is 34.2 Å². The molecule has 0 aromatic heterocycles. The van der Waals surface area contributed by atoms with Crippen LogP contribution >= 0.6 is 15.6 Å². The summed E-state index contributed by atoms with van der Waals surface area (Å²) in [6.07, 6.45) is 133. The first-order chi connectivity index (χ1) is 62.2. The number of aliphatic hydroxyl groups is 2. The van der Waals surface area contributed by atoms with Crippen LogP contribution < -0.4 is 0 Å². The summed E-state index contributed by atoms with van der Waals surface area (Å²) in [4.78, 5) is 59.2. The monoisotopic (exact) mass is 1810 g/mol. The molecule has 0 radical (unpaired) electrons. The lowest BCUT2D eigenvalue weighted by atomic mass is 10.0. The molecule has 0 bridgehead atoms. The van der Waals surface area contributed by atoms with Crippen molar-refractivity contribution in [2.75, 3.05) is 39.6 Å². The van der Waals surface area contributed by atoms with Crippen molar-refractivity contribution < 1.29 is 75.8 Å². The third kappa shape index (κ3) is 101. The molecular formula is C109H184O16P2. The number of carbonyl (C=O) groups excluding carboxylic acids is 3. The number of phosphoric ester groups is 2. The SMILES string of the molecule is CC/C=C\C/C=C\C/C=C\C/C=C\C/C=C\C/C=C\CCCCCCCCCCCCCCC(=O)OCC(COP(=O)(O)OCC(O)COP(=O)(O)OCC(O)COC(=O)CCCCCCCCCCCCCCCCCCCCC/C=C\C/C=C\C/C=C\C/C=C\C/C=C\CC)OC(=O)CCCCCCCCCCC/C=C\C/C=C\C/C=C\C/C=C\C/C=C\CC. The van der Waals surface area contributed by atoms with Crippen LogP contribution in [0.3, 0.4) is 0 Å². The summed E-state index contributed by atoms with van der Waals surface area (Å²) in [5, 5.41) is 20.8. The smallest absolute Gasteiger partial charge is 0.463 e. The van der Waals surface area contributed by atoms with Crippen LogP contribution in [0.15, 0.2) is 194 Å². The summed E-state index contributed by atoms with van der Waals surface area (Å²) < 4.78 is 61.7. The molecule has 0 aliphatic heterocycles. The summed E-state index contributed by atoms with van der Waals surface area (Å²) in [5.41, 5.74) is 0. The Morgan fingerprint density at radius 1 is 0.220 bits per heavy atom. The maximum atomic E-state index is 13.1. The van der Waals surface area contributed by atoms with Gasteiger partial charge in [-0.05, 0) is 161 Å². The highest BCUT2D eigenvalue weighted by Crippen LogP contribution is 2.45. The molecule has 0 saturated heterocycles. The Labute approximate surface area is 776 Å².